The van der Waals surface area contributed by atoms with Gasteiger partial charge >= 0.3 is 0 Å². The molecule has 3 fully saturated rings. The predicted molar refractivity (Wildman–Crippen MR) is 91.7 cm³/mol. The number of ether oxygens (including phenoxy) is 1. The zero-order valence-corrected chi connectivity index (χ0v) is 14.8. The van der Waals surface area contributed by atoms with Crippen molar-refractivity contribution < 1.29 is 14.3 Å². The molecule has 0 bridgehead atoms. The second-order valence-corrected chi connectivity index (χ2v) is 8.23. The van der Waals surface area contributed by atoms with Crippen molar-refractivity contribution in [1.82, 2.24) is 0 Å². The Morgan fingerprint density at radius 2 is 2.12 bits per heavy atom. The molecule has 0 unspecified atom stereocenters. The van der Waals surface area contributed by atoms with Gasteiger partial charge in [0.05, 0.1) is 5.92 Å². The summed E-state index contributed by atoms with van der Waals surface area (Å²) in [6, 6.07) is 0. The van der Waals surface area contributed by atoms with E-state index < -0.39 is 0 Å². The van der Waals surface area contributed by atoms with Crippen LogP contribution >= 0.6 is 0 Å². The molecule has 0 heterocycles. The van der Waals surface area contributed by atoms with Gasteiger partial charge in [0.25, 0.3) is 0 Å². The van der Waals surface area contributed by atoms with E-state index in [-0.39, 0.29) is 17.8 Å². The lowest BCUT2D eigenvalue weighted by atomic mass is 9.49. The molecule has 0 aromatic rings. The van der Waals surface area contributed by atoms with Gasteiger partial charge in [0.15, 0.2) is 11.6 Å². The highest BCUT2D eigenvalue weighted by atomic mass is 16.5. The van der Waals surface area contributed by atoms with E-state index in [1.807, 2.05) is 6.08 Å². The summed E-state index contributed by atoms with van der Waals surface area (Å²) < 4.78 is 5.07. The molecule has 0 saturated heterocycles. The van der Waals surface area contributed by atoms with Gasteiger partial charge < -0.3 is 4.74 Å². The number of ketones is 2. The fourth-order valence-corrected chi connectivity index (χ4v) is 5.97. The summed E-state index contributed by atoms with van der Waals surface area (Å²) in [6.07, 6.45) is 11.3. The zero-order chi connectivity index (χ0) is 16.9. The van der Waals surface area contributed by atoms with Crippen molar-refractivity contribution in [3.63, 3.8) is 0 Å². The number of rotatable bonds is 3. The second kappa shape index (κ2) is 6.09. The lowest BCUT2D eigenvalue weighted by molar-refractivity contribution is -0.121. The maximum atomic E-state index is 12.3. The standard InChI is InChI=1S/C21H27O3/c1-21-10-9-14(22)11-13(21)3-4-17-15-5-6-18(20(23)12-24-2)16(15)7-8-19(17)21/h8,11,15,17,19H,3-7,9-10,12H2,1-2H3/t15-,17-,19+,21+/m1/s1. The SMILES string of the molecule is COCC(=O)[C]1CC[C@@H]2[C]1C[CH][C@H]1[C@@H]2CCC2=CC(=O)CC[C@@]21C. The second-order valence-electron chi connectivity index (χ2n) is 8.23. The van der Waals surface area contributed by atoms with Crippen LogP contribution in [0.5, 0.6) is 0 Å². The van der Waals surface area contributed by atoms with Gasteiger partial charge in [-0.05, 0) is 80.1 Å². The Balaban J connectivity index is 1.56. The molecule has 0 spiro atoms. The molecular formula is C21H27O3. The zero-order valence-electron chi connectivity index (χ0n) is 14.8. The minimum Gasteiger partial charge on any atom is -0.377 e. The summed E-state index contributed by atoms with van der Waals surface area (Å²) >= 11 is 0. The minimum absolute atomic E-state index is 0.168. The number of hydrogen-bond donors (Lipinski definition) is 0. The molecule has 129 valence electrons. The van der Waals surface area contributed by atoms with Crippen LogP contribution < -0.4 is 0 Å². The Bertz CT molecular complexity index is 578. The number of carbonyl (C=O) groups is 2. The quantitative estimate of drug-likeness (QED) is 0.794. The number of Topliss-reactive ketones (excluding diaryl/α,β-unsaturated/α-hetero) is 1. The topological polar surface area (TPSA) is 43.4 Å². The van der Waals surface area contributed by atoms with E-state index in [0.717, 1.165) is 44.4 Å². The van der Waals surface area contributed by atoms with Gasteiger partial charge in [-0.2, -0.15) is 0 Å². The van der Waals surface area contributed by atoms with Crippen LogP contribution in [0.15, 0.2) is 11.6 Å². The van der Waals surface area contributed by atoms with Crippen molar-refractivity contribution in [3.05, 3.63) is 29.9 Å². The molecular weight excluding hydrogens is 300 g/mol. The molecule has 0 aromatic heterocycles. The van der Waals surface area contributed by atoms with Gasteiger partial charge in [-0.1, -0.05) is 12.5 Å². The fraction of sp³-hybridized carbons (Fsp3) is 0.667. The first-order valence-electron chi connectivity index (χ1n) is 9.36. The van der Waals surface area contributed by atoms with Gasteiger partial charge in [-0.25, -0.2) is 0 Å². The first-order valence-corrected chi connectivity index (χ1v) is 9.36. The maximum absolute atomic E-state index is 12.3. The van der Waals surface area contributed by atoms with Crippen molar-refractivity contribution in [2.24, 2.45) is 23.2 Å². The fourth-order valence-electron chi connectivity index (χ4n) is 5.97. The molecule has 3 radical (unpaired) electrons. The van der Waals surface area contributed by atoms with Crippen LogP contribution in [0.4, 0.5) is 0 Å². The van der Waals surface area contributed by atoms with Crippen LogP contribution in [0.25, 0.3) is 0 Å². The van der Waals surface area contributed by atoms with Gasteiger partial charge in [-0.3, -0.25) is 9.59 Å². The third-order valence-electron chi connectivity index (χ3n) is 7.16. The smallest absolute Gasteiger partial charge is 0.166 e. The van der Waals surface area contributed by atoms with Crippen molar-refractivity contribution in [3.8, 4) is 0 Å². The van der Waals surface area contributed by atoms with E-state index in [0.29, 0.717) is 30.0 Å². The van der Waals surface area contributed by atoms with Crippen molar-refractivity contribution in [2.75, 3.05) is 13.7 Å². The summed E-state index contributed by atoms with van der Waals surface area (Å²) in [5, 5.41) is 0. The van der Waals surface area contributed by atoms with Crippen LogP contribution in [0, 0.1) is 41.4 Å². The predicted octanol–water partition coefficient (Wildman–Crippen LogP) is 3.69. The Hall–Kier alpha value is -0.960. The minimum atomic E-state index is 0.168. The lowest BCUT2D eigenvalue weighted by Crippen LogP contribution is -2.47. The van der Waals surface area contributed by atoms with Crippen molar-refractivity contribution in [2.45, 2.75) is 51.9 Å². The van der Waals surface area contributed by atoms with Gasteiger partial charge in [0, 0.05) is 13.5 Å². The Labute approximate surface area is 145 Å². The lowest BCUT2D eigenvalue weighted by Gasteiger charge is -2.54. The summed E-state index contributed by atoms with van der Waals surface area (Å²) in [7, 11) is 1.60. The summed E-state index contributed by atoms with van der Waals surface area (Å²) in [5.74, 6) is 4.75. The molecule has 3 heteroatoms. The van der Waals surface area contributed by atoms with Crippen LogP contribution in [0.1, 0.15) is 51.9 Å². The largest absolute Gasteiger partial charge is 0.377 e. The average Bonchev–Trinajstić information content (AvgIpc) is 3.00. The first-order chi connectivity index (χ1) is 11.5. The molecule has 4 aliphatic rings. The molecule has 24 heavy (non-hydrogen) atoms. The van der Waals surface area contributed by atoms with Crippen molar-refractivity contribution in [1.29, 1.82) is 0 Å². The highest BCUT2D eigenvalue weighted by molar-refractivity contribution is 5.96. The van der Waals surface area contributed by atoms with E-state index in [1.54, 1.807) is 7.11 Å². The molecule has 3 saturated carbocycles. The summed E-state index contributed by atoms with van der Waals surface area (Å²) in [5.41, 5.74) is 1.55. The van der Waals surface area contributed by atoms with Gasteiger partial charge in [-0.15, -0.1) is 0 Å². The summed E-state index contributed by atoms with van der Waals surface area (Å²) in [6.45, 7) is 2.59. The molecule has 4 aliphatic carbocycles. The number of fused-ring (bicyclic) bond motifs is 5. The Morgan fingerprint density at radius 3 is 2.92 bits per heavy atom. The third-order valence-corrected chi connectivity index (χ3v) is 7.16. The molecule has 4 rings (SSSR count). The molecule has 0 aliphatic heterocycles. The molecule has 0 amide bonds. The molecule has 4 atom stereocenters. The van der Waals surface area contributed by atoms with E-state index >= 15 is 0 Å². The molecule has 0 N–H and O–H groups in total. The highest BCUT2D eigenvalue weighted by Crippen LogP contribution is 2.63. The van der Waals surface area contributed by atoms with Crippen LogP contribution in [-0.2, 0) is 14.3 Å². The van der Waals surface area contributed by atoms with Crippen LogP contribution in [-0.4, -0.2) is 25.3 Å². The number of carbonyl (C=O) groups excluding carboxylic acids is 2. The maximum Gasteiger partial charge on any atom is 0.166 e. The van der Waals surface area contributed by atoms with Crippen LogP contribution in [0.3, 0.4) is 0 Å². The normalized spacial score (nSPS) is 39.8. The van der Waals surface area contributed by atoms with E-state index in [2.05, 4.69) is 13.3 Å². The number of hydrogen-bond acceptors (Lipinski definition) is 3. The Morgan fingerprint density at radius 1 is 1.29 bits per heavy atom. The van der Waals surface area contributed by atoms with E-state index in [9.17, 15) is 9.59 Å². The number of methoxy groups -OCH3 is 1. The van der Waals surface area contributed by atoms with Gasteiger partial charge in [0.1, 0.15) is 6.61 Å². The van der Waals surface area contributed by atoms with Gasteiger partial charge in [0.2, 0.25) is 0 Å². The van der Waals surface area contributed by atoms with E-state index in [4.69, 9.17) is 4.74 Å². The third kappa shape index (κ3) is 2.42. The first kappa shape index (κ1) is 16.5. The molecule has 0 aromatic carbocycles. The highest BCUT2D eigenvalue weighted by Gasteiger charge is 2.55. The van der Waals surface area contributed by atoms with Crippen LogP contribution in [0.2, 0.25) is 0 Å². The average molecular weight is 327 g/mol. The monoisotopic (exact) mass is 327 g/mol. The Kier molecular flexibility index (Phi) is 4.19. The van der Waals surface area contributed by atoms with Crippen molar-refractivity contribution >= 4 is 11.6 Å². The number of allylic oxidation sites excluding steroid dienone is 1. The van der Waals surface area contributed by atoms with E-state index in [1.165, 1.54) is 11.5 Å². The summed E-state index contributed by atoms with van der Waals surface area (Å²) in [4.78, 5) is 24.2. The molecule has 3 nitrogen and oxygen atoms in total.